The van der Waals surface area contributed by atoms with E-state index in [1.54, 1.807) is 22.8 Å². The lowest BCUT2D eigenvalue weighted by atomic mass is 9.95. The molecule has 0 spiro atoms. The summed E-state index contributed by atoms with van der Waals surface area (Å²) in [7, 11) is 1.70. The number of rotatable bonds is 4. The third kappa shape index (κ3) is 2.59. The summed E-state index contributed by atoms with van der Waals surface area (Å²) in [6.07, 6.45) is 3.75. The number of hydrogen-bond donors (Lipinski definition) is 1. The van der Waals surface area contributed by atoms with E-state index < -0.39 is 11.8 Å². The Balaban J connectivity index is 1.83. The molecule has 2 N–H and O–H groups in total. The number of nitrogens with two attached hydrogens (primary N) is 1. The van der Waals surface area contributed by atoms with Crippen LogP contribution in [0, 0.1) is 5.92 Å². The van der Waals surface area contributed by atoms with Crippen LogP contribution in [0.4, 0.5) is 0 Å². The highest BCUT2D eigenvalue weighted by molar-refractivity contribution is 5.89. The standard InChI is InChI=1S/C16H18N4O2/c1-19-14(21)7-13(16(17)22)15(19)12-8-18-20(10-12)9-11-5-3-2-4-6-11/h2-6,8,10,13,15H,7,9H2,1H3,(H2,17,22)/t13-,15-/m0/s1. The van der Waals surface area contributed by atoms with E-state index >= 15 is 0 Å². The molecule has 0 saturated carbocycles. The largest absolute Gasteiger partial charge is 0.369 e. The molecule has 1 fully saturated rings. The Hall–Kier alpha value is -2.63. The van der Waals surface area contributed by atoms with Crippen LogP contribution in [-0.2, 0) is 16.1 Å². The molecule has 1 aromatic heterocycles. The van der Waals surface area contributed by atoms with Crippen molar-refractivity contribution in [3.05, 3.63) is 53.9 Å². The van der Waals surface area contributed by atoms with Gasteiger partial charge in [0.15, 0.2) is 0 Å². The molecule has 1 saturated heterocycles. The zero-order valence-corrected chi connectivity index (χ0v) is 12.3. The van der Waals surface area contributed by atoms with Gasteiger partial charge in [0, 0.05) is 25.2 Å². The molecule has 0 unspecified atom stereocenters. The molecule has 0 bridgehead atoms. The van der Waals surface area contributed by atoms with E-state index in [1.807, 2.05) is 36.5 Å². The SMILES string of the molecule is CN1C(=O)C[C@H](C(N)=O)[C@@H]1c1cnn(Cc2ccccc2)c1. The molecule has 2 heterocycles. The summed E-state index contributed by atoms with van der Waals surface area (Å²) in [6.45, 7) is 0.645. The van der Waals surface area contributed by atoms with Gasteiger partial charge < -0.3 is 10.6 Å². The third-order valence-corrected chi connectivity index (χ3v) is 4.13. The smallest absolute Gasteiger partial charge is 0.223 e. The number of primary amides is 1. The molecule has 6 heteroatoms. The molecule has 0 aliphatic carbocycles. The molecule has 0 radical (unpaired) electrons. The first kappa shape index (κ1) is 14.3. The fourth-order valence-corrected chi connectivity index (χ4v) is 2.97. The summed E-state index contributed by atoms with van der Waals surface area (Å²) < 4.78 is 1.80. The van der Waals surface area contributed by atoms with Crippen molar-refractivity contribution in [2.45, 2.75) is 19.0 Å². The number of hydrogen-bond acceptors (Lipinski definition) is 3. The van der Waals surface area contributed by atoms with Gasteiger partial charge in [-0.15, -0.1) is 0 Å². The van der Waals surface area contributed by atoms with Crippen LogP contribution in [0.15, 0.2) is 42.7 Å². The van der Waals surface area contributed by atoms with Crippen molar-refractivity contribution < 1.29 is 9.59 Å². The van der Waals surface area contributed by atoms with Gasteiger partial charge in [-0.2, -0.15) is 5.10 Å². The van der Waals surface area contributed by atoms with E-state index in [0.29, 0.717) is 6.54 Å². The van der Waals surface area contributed by atoms with Crippen LogP contribution in [0.3, 0.4) is 0 Å². The Kier molecular flexibility index (Phi) is 3.66. The number of likely N-dealkylation sites (tertiary alicyclic amines) is 1. The summed E-state index contributed by atoms with van der Waals surface area (Å²) in [5.41, 5.74) is 7.41. The van der Waals surface area contributed by atoms with Crippen LogP contribution in [0.2, 0.25) is 0 Å². The summed E-state index contributed by atoms with van der Waals surface area (Å²) >= 11 is 0. The Morgan fingerprint density at radius 2 is 2.09 bits per heavy atom. The summed E-state index contributed by atoms with van der Waals surface area (Å²) in [5, 5.41) is 4.34. The predicted molar refractivity (Wildman–Crippen MR) is 80.6 cm³/mol. The van der Waals surface area contributed by atoms with Gasteiger partial charge in [0.25, 0.3) is 0 Å². The van der Waals surface area contributed by atoms with Crippen molar-refractivity contribution in [3.63, 3.8) is 0 Å². The lowest BCUT2D eigenvalue weighted by molar-refractivity contribution is -0.128. The molecule has 1 aliphatic rings. The number of aromatic nitrogens is 2. The highest BCUT2D eigenvalue weighted by atomic mass is 16.2. The summed E-state index contributed by atoms with van der Waals surface area (Å²) in [6, 6.07) is 9.65. The zero-order chi connectivity index (χ0) is 15.7. The average molecular weight is 298 g/mol. The van der Waals surface area contributed by atoms with E-state index in [4.69, 9.17) is 5.73 Å². The molecule has 22 heavy (non-hydrogen) atoms. The fraction of sp³-hybridized carbons (Fsp3) is 0.312. The van der Waals surface area contributed by atoms with Gasteiger partial charge in [0.05, 0.1) is 24.7 Å². The lowest BCUT2D eigenvalue weighted by Crippen LogP contribution is -2.30. The second kappa shape index (κ2) is 5.63. The normalized spacial score (nSPS) is 21.3. The van der Waals surface area contributed by atoms with Gasteiger partial charge >= 0.3 is 0 Å². The van der Waals surface area contributed by atoms with Crippen molar-refractivity contribution in [1.82, 2.24) is 14.7 Å². The number of amides is 2. The molecule has 6 nitrogen and oxygen atoms in total. The molecule has 2 atom stereocenters. The van der Waals surface area contributed by atoms with Crippen molar-refractivity contribution >= 4 is 11.8 Å². The van der Waals surface area contributed by atoms with Crippen molar-refractivity contribution in [3.8, 4) is 0 Å². The maximum Gasteiger partial charge on any atom is 0.223 e. The molecule has 2 aromatic rings. The quantitative estimate of drug-likeness (QED) is 0.912. The number of carbonyl (C=O) groups excluding carboxylic acids is 2. The first-order chi connectivity index (χ1) is 10.6. The second-order valence-corrected chi connectivity index (χ2v) is 5.62. The zero-order valence-electron chi connectivity index (χ0n) is 12.3. The van der Waals surface area contributed by atoms with Crippen molar-refractivity contribution in [2.75, 3.05) is 7.05 Å². The van der Waals surface area contributed by atoms with Gasteiger partial charge in [-0.1, -0.05) is 30.3 Å². The number of nitrogens with zero attached hydrogens (tertiary/aromatic N) is 3. The van der Waals surface area contributed by atoms with E-state index in [9.17, 15) is 9.59 Å². The summed E-state index contributed by atoms with van der Waals surface area (Å²) in [4.78, 5) is 25.0. The van der Waals surface area contributed by atoms with Crippen molar-refractivity contribution in [2.24, 2.45) is 11.7 Å². The molecular formula is C16H18N4O2. The van der Waals surface area contributed by atoms with Gasteiger partial charge in [-0.05, 0) is 5.56 Å². The van der Waals surface area contributed by atoms with E-state index in [2.05, 4.69) is 5.10 Å². The Morgan fingerprint density at radius 3 is 2.77 bits per heavy atom. The monoisotopic (exact) mass is 298 g/mol. The number of benzene rings is 1. The van der Waals surface area contributed by atoms with Crippen LogP contribution in [0.5, 0.6) is 0 Å². The van der Waals surface area contributed by atoms with Crippen molar-refractivity contribution in [1.29, 1.82) is 0 Å². The van der Waals surface area contributed by atoms with E-state index in [-0.39, 0.29) is 18.4 Å². The minimum Gasteiger partial charge on any atom is -0.369 e. The van der Waals surface area contributed by atoms with E-state index in [0.717, 1.165) is 11.1 Å². The molecule has 114 valence electrons. The van der Waals surface area contributed by atoms with Gasteiger partial charge in [-0.25, -0.2) is 0 Å². The molecule has 1 aromatic carbocycles. The van der Waals surface area contributed by atoms with Crippen LogP contribution in [-0.4, -0.2) is 33.5 Å². The Morgan fingerprint density at radius 1 is 1.36 bits per heavy atom. The maximum absolute atomic E-state index is 11.9. The molecular weight excluding hydrogens is 280 g/mol. The minimum absolute atomic E-state index is 0.0652. The van der Waals surface area contributed by atoms with Crippen LogP contribution >= 0.6 is 0 Å². The minimum atomic E-state index is -0.494. The average Bonchev–Trinajstić information content (AvgIpc) is 3.06. The lowest BCUT2D eigenvalue weighted by Gasteiger charge is -2.21. The predicted octanol–water partition coefficient (Wildman–Crippen LogP) is 0.936. The third-order valence-electron chi connectivity index (χ3n) is 4.13. The summed E-state index contributed by atoms with van der Waals surface area (Å²) in [5.74, 6) is -1.00. The highest BCUT2D eigenvalue weighted by Crippen LogP contribution is 2.36. The first-order valence-corrected chi connectivity index (χ1v) is 7.17. The topological polar surface area (TPSA) is 81.2 Å². The fourth-order valence-electron chi connectivity index (χ4n) is 2.97. The van der Waals surface area contributed by atoms with Gasteiger partial charge in [0.1, 0.15) is 0 Å². The molecule has 2 amide bonds. The van der Waals surface area contributed by atoms with Crippen LogP contribution < -0.4 is 5.73 Å². The van der Waals surface area contributed by atoms with Gasteiger partial charge in [0.2, 0.25) is 11.8 Å². The second-order valence-electron chi connectivity index (χ2n) is 5.62. The molecule has 1 aliphatic heterocycles. The first-order valence-electron chi connectivity index (χ1n) is 7.17. The van der Waals surface area contributed by atoms with E-state index in [1.165, 1.54) is 0 Å². The molecule has 3 rings (SSSR count). The van der Waals surface area contributed by atoms with Crippen LogP contribution in [0.1, 0.15) is 23.6 Å². The maximum atomic E-state index is 11.9. The van der Waals surface area contributed by atoms with Gasteiger partial charge in [-0.3, -0.25) is 14.3 Å². The Bertz CT molecular complexity index is 695. The highest BCUT2D eigenvalue weighted by Gasteiger charge is 2.42. The Labute approximate surface area is 128 Å². The van der Waals surface area contributed by atoms with Crippen LogP contribution in [0.25, 0.3) is 0 Å². The number of carbonyl (C=O) groups is 2.